The summed E-state index contributed by atoms with van der Waals surface area (Å²) in [6, 6.07) is 15.7. The number of benzene rings is 2. The van der Waals surface area contributed by atoms with E-state index in [-0.39, 0.29) is 54.1 Å². The third kappa shape index (κ3) is 4.05. The van der Waals surface area contributed by atoms with Crippen LogP contribution in [-0.2, 0) is 10.0 Å². The quantitative estimate of drug-likeness (QED) is 0.551. The molecule has 1 saturated heterocycles. The van der Waals surface area contributed by atoms with Gasteiger partial charge in [0.2, 0.25) is 10.0 Å². The number of piperazine rings is 1. The van der Waals surface area contributed by atoms with Crippen LogP contribution in [0.1, 0.15) is 10.6 Å². The van der Waals surface area contributed by atoms with Crippen molar-refractivity contribution in [2.75, 3.05) is 26.2 Å². The van der Waals surface area contributed by atoms with E-state index in [4.69, 9.17) is 4.42 Å². The van der Waals surface area contributed by atoms with E-state index in [1.807, 2.05) is 0 Å². The molecule has 0 aliphatic carbocycles. The van der Waals surface area contributed by atoms with Crippen molar-refractivity contribution in [2.45, 2.75) is 4.90 Å². The van der Waals surface area contributed by atoms with Crippen LogP contribution in [0.5, 0.6) is 0 Å². The SMILES string of the molecule is O=C(c1ccc(-c2ccccc2F)o1)N1CCN(S(=O)(=O)c2ccc(Br)cc2)CC1. The molecule has 156 valence electrons. The number of sulfonamides is 1. The lowest BCUT2D eigenvalue weighted by molar-refractivity contribution is 0.0667. The van der Waals surface area contributed by atoms with Gasteiger partial charge in [0, 0.05) is 30.7 Å². The normalized spacial score (nSPS) is 15.3. The first-order valence-corrected chi connectivity index (χ1v) is 11.5. The van der Waals surface area contributed by atoms with Gasteiger partial charge in [-0.25, -0.2) is 12.8 Å². The Labute approximate surface area is 182 Å². The van der Waals surface area contributed by atoms with E-state index in [2.05, 4.69) is 15.9 Å². The van der Waals surface area contributed by atoms with Gasteiger partial charge >= 0.3 is 0 Å². The molecule has 2 heterocycles. The second kappa shape index (κ2) is 8.33. The highest BCUT2D eigenvalue weighted by atomic mass is 79.9. The maximum absolute atomic E-state index is 13.9. The fourth-order valence-corrected chi connectivity index (χ4v) is 4.99. The van der Waals surface area contributed by atoms with E-state index in [1.54, 1.807) is 48.5 Å². The fraction of sp³-hybridized carbons (Fsp3) is 0.190. The van der Waals surface area contributed by atoms with Crippen LogP contribution in [0, 0.1) is 5.82 Å². The predicted molar refractivity (Wildman–Crippen MR) is 113 cm³/mol. The largest absolute Gasteiger partial charge is 0.451 e. The zero-order valence-corrected chi connectivity index (χ0v) is 18.2. The first-order valence-electron chi connectivity index (χ1n) is 9.26. The van der Waals surface area contributed by atoms with Crippen LogP contribution in [-0.4, -0.2) is 49.7 Å². The number of furan rings is 1. The molecule has 0 atom stereocenters. The average Bonchev–Trinajstić information content (AvgIpc) is 3.24. The lowest BCUT2D eigenvalue weighted by Gasteiger charge is -2.33. The Kier molecular flexibility index (Phi) is 5.77. The van der Waals surface area contributed by atoms with Crippen LogP contribution in [0.4, 0.5) is 4.39 Å². The van der Waals surface area contributed by atoms with Crippen molar-refractivity contribution in [3.8, 4) is 11.3 Å². The second-order valence-corrected chi connectivity index (χ2v) is 9.65. The number of halogens is 2. The summed E-state index contributed by atoms with van der Waals surface area (Å²) in [5.41, 5.74) is 0.280. The highest BCUT2D eigenvalue weighted by Gasteiger charge is 2.31. The van der Waals surface area contributed by atoms with Gasteiger partial charge in [0.15, 0.2) is 5.76 Å². The summed E-state index contributed by atoms with van der Waals surface area (Å²) in [7, 11) is -3.62. The molecule has 1 aliphatic rings. The number of amides is 1. The standard InChI is InChI=1S/C21H18BrFN2O4S/c22-15-5-7-16(8-6-15)30(27,28)25-13-11-24(12-14-25)21(26)20-10-9-19(29-20)17-3-1-2-4-18(17)23/h1-10H,11-14H2. The minimum atomic E-state index is -3.62. The van der Waals surface area contributed by atoms with Gasteiger partial charge < -0.3 is 9.32 Å². The molecule has 0 unspecified atom stereocenters. The third-order valence-electron chi connectivity index (χ3n) is 4.93. The molecular weight excluding hydrogens is 475 g/mol. The summed E-state index contributed by atoms with van der Waals surface area (Å²) in [5.74, 6) is -0.415. The van der Waals surface area contributed by atoms with Crippen molar-refractivity contribution in [1.82, 2.24) is 9.21 Å². The minimum Gasteiger partial charge on any atom is -0.451 e. The molecule has 0 spiro atoms. The van der Waals surface area contributed by atoms with Crippen molar-refractivity contribution in [1.29, 1.82) is 0 Å². The lowest BCUT2D eigenvalue weighted by atomic mass is 10.1. The fourth-order valence-electron chi connectivity index (χ4n) is 3.30. The molecule has 6 nitrogen and oxygen atoms in total. The van der Waals surface area contributed by atoms with E-state index in [9.17, 15) is 17.6 Å². The van der Waals surface area contributed by atoms with Crippen molar-refractivity contribution >= 4 is 31.9 Å². The van der Waals surface area contributed by atoms with Gasteiger partial charge in [0.1, 0.15) is 11.6 Å². The number of nitrogens with zero attached hydrogens (tertiary/aromatic N) is 2. The van der Waals surface area contributed by atoms with Crippen molar-refractivity contribution < 1.29 is 22.0 Å². The molecule has 0 N–H and O–H groups in total. The van der Waals surface area contributed by atoms with Gasteiger partial charge in [-0.05, 0) is 48.5 Å². The second-order valence-electron chi connectivity index (χ2n) is 6.79. The Bertz CT molecular complexity index is 1170. The molecule has 0 saturated carbocycles. The summed E-state index contributed by atoms with van der Waals surface area (Å²) in [5, 5.41) is 0. The highest BCUT2D eigenvalue weighted by Crippen LogP contribution is 2.26. The number of rotatable bonds is 4. The molecule has 4 rings (SSSR count). The number of hydrogen-bond donors (Lipinski definition) is 0. The van der Waals surface area contributed by atoms with Gasteiger partial charge in [-0.1, -0.05) is 28.1 Å². The van der Waals surface area contributed by atoms with Crippen LogP contribution < -0.4 is 0 Å². The van der Waals surface area contributed by atoms with Crippen molar-refractivity contribution in [3.05, 3.63) is 76.7 Å². The monoisotopic (exact) mass is 492 g/mol. The molecule has 2 aromatic carbocycles. The number of carbonyl (C=O) groups is 1. The molecule has 1 aromatic heterocycles. The van der Waals surface area contributed by atoms with Gasteiger partial charge in [-0.2, -0.15) is 4.31 Å². The van der Waals surface area contributed by atoms with Crippen LogP contribution in [0.25, 0.3) is 11.3 Å². The summed E-state index contributed by atoms with van der Waals surface area (Å²) >= 11 is 3.29. The average molecular weight is 493 g/mol. The topological polar surface area (TPSA) is 70.8 Å². The first-order chi connectivity index (χ1) is 14.4. The summed E-state index contributed by atoms with van der Waals surface area (Å²) in [4.78, 5) is 14.5. The summed E-state index contributed by atoms with van der Waals surface area (Å²) in [6.45, 7) is 0.852. The van der Waals surface area contributed by atoms with E-state index in [0.29, 0.717) is 0 Å². The first kappa shape index (κ1) is 20.8. The van der Waals surface area contributed by atoms with Crippen molar-refractivity contribution in [2.24, 2.45) is 0 Å². The third-order valence-corrected chi connectivity index (χ3v) is 7.37. The molecule has 1 fully saturated rings. The van der Waals surface area contributed by atoms with Crippen LogP contribution >= 0.6 is 15.9 Å². The lowest BCUT2D eigenvalue weighted by Crippen LogP contribution is -2.50. The number of hydrogen-bond acceptors (Lipinski definition) is 4. The molecule has 1 amide bonds. The zero-order chi connectivity index (χ0) is 21.3. The molecule has 0 bridgehead atoms. The van der Waals surface area contributed by atoms with Crippen LogP contribution in [0.2, 0.25) is 0 Å². The molecule has 1 aliphatic heterocycles. The van der Waals surface area contributed by atoms with Gasteiger partial charge in [0.25, 0.3) is 5.91 Å². The van der Waals surface area contributed by atoms with Crippen LogP contribution in [0.3, 0.4) is 0 Å². The Hall–Kier alpha value is -2.49. The van der Waals surface area contributed by atoms with E-state index < -0.39 is 15.8 Å². The predicted octanol–water partition coefficient (Wildman–Crippen LogP) is 3.99. The van der Waals surface area contributed by atoms with Crippen molar-refractivity contribution in [3.63, 3.8) is 0 Å². The van der Waals surface area contributed by atoms with Crippen LogP contribution in [0.15, 0.2) is 74.4 Å². The minimum absolute atomic E-state index is 0.0949. The summed E-state index contributed by atoms with van der Waals surface area (Å²) < 4.78 is 47.3. The maximum atomic E-state index is 13.9. The summed E-state index contributed by atoms with van der Waals surface area (Å²) in [6.07, 6.45) is 0. The molecular formula is C21H18BrFN2O4S. The Morgan fingerprint density at radius 1 is 0.933 bits per heavy atom. The zero-order valence-electron chi connectivity index (χ0n) is 15.8. The highest BCUT2D eigenvalue weighted by molar-refractivity contribution is 9.10. The van der Waals surface area contributed by atoms with Gasteiger partial charge in [-0.3, -0.25) is 4.79 Å². The van der Waals surface area contributed by atoms with Gasteiger partial charge in [-0.15, -0.1) is 0 Å². The Morgan fingerprint density at radius 2 is 1.60 bits per heavy atom. The molecule has 3 aromatic rings. The Morgan fingerprint density at radius 3 is 2.27 bits per heavy atom. The number of carbonyl (C=O) groups excluding carboxylic acids is 1. The van der Waals surface area contributed by atoms with Gasteiger partial charge in [0.05, 0.1) is 10.5 Å². The molecule has 9 heteroatoms. The van der Waals surface area contributed by atoms with E-state index in [1.165, 1.54) is 21.3 Å². The Balaban J connectivity index is 1.44. The molecule has 30 heavy (non-hydrogen) atoms. The molecule has 0 radical (unpaired) electrons. The van der Waals surface area contributed by atoms with E-state index in [0.717, 1.165) is 4.47 Å². The van der Waals surface area contributed by atoms with E-state index >= 15 is 0 Å². The smallest absolute Gasteiger partial charge is 0.289 e. The maximum Gasteiger partial charge on any atom is 0.289 e.